The van der Waals surface area contributed by atoms with Gasteiger partial charge in [0.2, 0.25) is 11.7 Å². The lowest BCUT2D eigenvalue weighted by molar-refractivity contribution is -0.125. The summed E-state index contributed by atoms with van der Waals surface area (Å²) in [4.78, 5) is 22.0. The van der Waals surface area contributed by atoms with E-state index in [1.54, 1.807) is 7.11 Å². The van der Waals surface area contributed by atoms with Crippen LogP contribution in [0.1, 0.15) is 51.9 Å². The van der Waals surface area contributed by atoms with Gasteiger partial charge in [0.1, 0.15) is 5.75 Å². The topological polar surface area (TPSA) is 83.7 Å². The van der Waals surface area contributed by atoms with Gasteiger partial charge in [0, 0.05) is 37.8 Å². The third kappa shape index (κ3) is 6.05. The van der Waals surface area contributed by atoms with Crippen LogP contribution in [0.4, 0.5) is 6.01 Å². The Balaban J connectivity index is 1.25. The molecular formula is C25H37N5O3. The van der Waals surface area contributed by atoms with Gasteiger partial charge < -0.3 is 24.4 Å². The normalized spacial score (nSPS) is 21.7. The lowest BCUT2D eigenvalue weighted by Gasteiger charge is -2.35. The molecule has 0 unspecified atom stereocenters. The van der Waals surface area contributed by atoms with Crippen LogP contribution < -0.4 is 15.0 Å². The van der Waals surface area contributed by atoms with Crippen LogP contribution in [0.15, 0.2) is 28.8 Å². The summed E-state index contributed by atoms with van der Waals surface area (Å²) < 4.78 is 10.7. The second-order valence-corrected chi connectivity index (χ2v) is 9.15. The molecule has 0 spiro atoms. The predicted molar refractivity (Wildman–Crippen MR) is 128 cm³/mol. The third-order valence-corrected chi connectivity index (χ3v) is 6.97. The standard InChI is InChI=1S/C25H37N5O3/c1-3-21-9-4-5-15-29(21)17-7-14-26-24(31)20-8-6-16-30(18-20)25-27-23(28-33-25)19-10-12-22(32-2)13-11-19/h10-13,20-21H,3-9,14-18H2,1-2H3,(H,26,31)/t20-,21-/m0/s1. The summed E-state index contributed by atoms with van der Waals surface area (Å²) in [5, 5.41) is 7.30. The molecule has 4 rings (SSSR count). The summed E-state index contributed by atoms with van der Waals surface area (Å²) >= 11 is 0. The minimum Gasteiger partial charge on any atom is -0.497 e. The Labute approximate surface area is 196 Å². The van der Waals surface area contributed by atoms with Crippen LogP contribution in [0.3, 0.4) is 0 Å². The van der Waals surface area contributed by atoms with Crippen LogP contribution in [0.5, 0.6) is 5.75 Å². The highest BCUT2D eigenvalue weighted by molar-refractivity contribution is 5.79. The maximum Gasteiger partial charge on any atom is 0.324 e. The van der Waals surface area contributed by atoms with Gasteiger partial charge in [-0.2, -0.15) is 4.98 Å². The van der Waals surface area contributed by atoms with Gasteiger partial charge in [-0.25, -0.2) is 0 Å². The number of carbonyl (C=O) groups excluding carboxylic acids is 1. The van der Waals surface area contributed by atoms with E-state index in [2.05, 4.69) is 27.3 Å². The zero-order valence-corrected chi connectivity index (χ0v) is 20.0. The number of carbonyl (C=O) groups is 1. The predicted octanol–water partition coefficient (Wildman–Crippen LogP) is 3.73. The van der Waals surface area contributed by atoms with Gasteiger partial charge in [-0.15, -0.1) is 0 Å². The number of nitrogens with zero attached hydrogens (tertiary/aromatic N) is 4. The Morgan fingerprint density at radius 2 is 2.03 bits per heavy atom. The number of amides is 1. The zero-order chi connectivity index (χ0) is 23.0. The van der Waals surface area contributed by atoms with E-state index in [1.165, 1.54) is 32.2 Å². The van der Waals surface area contributed by atoms with Gasteiger partial charge in [-0.05, 0) is 69.3 Å². The van der Waals surface area contributed by atoms with E-state index in [1.807, 2.05) is 29.2 Å². The summed E-state index contributed by atoms with van der Waals surface area (Å²) in [5.41, 5.74) is 0.871. The van der Waals surface area contributed by atoms with Crippen molar-refractivity contribution in [2.24, 2.45) is 5.92 Å². The van der Waals surface area contributed by atoms with Gasteiger partial charge in [-0.3, -0.25) is 4.79 Å². The second-order valence-electron chi connectivity index (χ2n) is 9.15. The summed E-state index contributed by atoms with van der Waals surface area (Å²) in [5.74, 6) is 1.42. The van der Waals surface area contributed by atoms with Crippen LogP contribution in [0, 0.1) is 5.92 Å². The third-order valence-electron chi connectivity index (χ3n) is 6.97. The molecular weight excluding hydrogens is 418 g/mol. The van der Waals surface area contributed by atoms with Crippen LogP contribution >= 0.6 is 0 Å². The molecule has 0 saturated carbocycles. The van der Waals surface area contributed by atoms with Crippen molar-refractivity contribution in [2.75, 3.05) is 44.7 Å². The number of anilines is 1. The van der Waals surface area contributed by atoms with E-state index in [0.29, 0.717) is 18.4 Å². The highest BCUT2D eigenvalue weighted by Crippen LogP contribution is 2.26. The number of rotatable bonds is 9. The van der Waals surface area contributed by atoms with Crippen molar-refractivity contribution < 1.29 is 14.1 Å². The lowest BCUT2D eigenvalue weighted by atomic mass is 9.97. The molecule has 2 aliphatic rings. The Bertz CT molecular complexity index is 884. The van der Waals surface area contributed by atoms with Gasteiger partial charge in [0.05, 0.1) is 13.0 Å². The molecule has 180 valence electrons. The van der Waals surface area contributed by atoms with Crippen molar-refractivity contribution in [2.45, 2.75) is 57.9 Å². The fourth-order valence-electron chi connectivity index (χ4n) is 5.02. The average molecular weight is 456 g/mol. The molecule has 1 aromatic heterocycles. The number of aromatic nitrogens is 2. The van der Waals surface area contributed by atoms with Crippen LogP contribution in [-0.2, 0) is 4.79 Å². The first-order chi connectivity index (χ1) is 16.2. The fourth-order valence-corrected chi connectivity index (χ4v) is 5.02. The fraction of sp³-hybridized carbons (Fsp3) is 0.640. The van der Waals surface area contributed by atoms with Gasteiger partial charge >= 0.3 is 6.01 Å². The minimum atomic E-state index is -0.0477. The van der Waals surface area contributed by atoms with E-state index in [-0.39, 0.29) is 11.8 Å². The maximum atomic E-state index is 12.8. The van der Waals surface area contributed by atoms with Crippen molar-refractivity contribution in [1.82, 2.24) is 20.4 Å². The van der Waals surface area contributed by atoms with Crippen molar-refractivity contribution in [3.05, 3.63) is 24.3 Å². The highest BCUT2D eigenvalue weighted by Gasteiger charge is 2.28. The number of likely N-dealkylation sites (tertiary alicyclic amines) is 1. The summed E-state index contributed by atoms with van der Waals surface area (Å²) in [7, 11) is 1.64. The quantitative estimate of drug-likeness (QED) is 0.577. The van der Waals surface area contributed by atoms with Gasteiger partial charge in [0.15, 0.2) is 0 Å². The largest absolute Gasteiger partial charge is 0.497 e. The molecule has 2 aliphatic heterocycles. The Morgan fingerprint density at radius 3 is 2.82 bits per heavy atom. The molecule has 33 heavy (non-hydrogen) atoms. The highest BCUT2D eigenvalue weighted by atomic mass is 16.5. The summed E-state index contributed by atoms with van der Waals surface area (Å²) in [6.07, 6.45) is 8.03. The van der Waals surface area contributed by atoms with E-state index in [9.17, 15) is 4.79 Å². The van der Waals surface area contributed by atoms with Crippen molar-refractivity contribution in [3.8, 4) is 17.1 Å². The van der Waals surface area contributed by atoms with Crippen LogP contribution in [0.2, 0.25) is 0 Å². The number of methoxy groups -OCH3 is 1. The number of hydrogen-bond donors (Lipinski definition) is 1. The van der Waals surface area contributed by atoms with E-state index in [0.717, 1.165) is 56.3 Å². The molecule has 2 aromatic rings. The molecule has 8 nitrogen and oxygen atoms in total. The molecule has 0 bridgehead atoms. The molecule has 1 aromatic carbocycles. The molecule has 0 aliphatic carbocycles. The first kappa shape index (κ1) is 23.5. The molecule has 1 N–H and O–H groups in total. The van der Waals surface area contributed by atoms with E-state index >= 15 is 0 Å². The van der Waals surface area contributed by atoms with E-state index in [4.69, 9.17) is 9.26 Å². The molecule has 8 heteroatoms. The molecule has 2 saturated heterocycles. The number of ether oxygens (including phenoxy) is 1. The first-order valence-corrected chi connectivity index (χ1v) is 12.4. The molecule has 3 heterocycles. The number of nitrogens with one attached hydrogen (secondary N) is 1. The Hall–Kier alpha value is -2.61. The summed E-state index contributed by atoms with van der Waals surface area (Å²) in [6.45, 7) is 6.73. The van der Waals surface area contributed by atoms with Gasteiger partial charge in [-0.1, -0.05) is 18.5 Å². The van der Waals surface area contributed by atoms with Crippen molar-refractivity contribution in [3.63, 3.8) is 0 Å². The summed E-state index contributed by atoms with van der Waals surface area (Å²) in [6, 6.07) is 8.77. The zero-order valence-electron chi connectivity index (χ0n) is 20.0. The Morgan fingerprint density at radius 1 is 1.18 bits per heavy atom. The SMILES string of the molecule is CC[C@H]1CCCCN1CCCNC(=O)[C@H]1CCCN(c2nc(-c3ccc(OC)cc3)no2)C1. The lowest BCUT2D eigenvalue weighted by Crippen LogP contribution is -2.44. The smallest absolute Gasteiger partial charge is 0.324 e. The van der Waals surface area contributed by atoms with Crippen LogP contribution in [0.25, 0.3) is 11.4 Å². The van der Waals surface area contributed by atoms with Gasteiger partial charge in [0.25, 0.3) is 0 Å². The average Bonchev–Trinajstić information content (AvgIpc) is 3.37. The molecule has 2 fully saturated rings. The number of piperidine rings is 2. The number of benzene rings is 1. The molecule has 1 amide bonds. The minimum absolute atomic E-state index is 0.0477. The molecule has 0 radical (unpaired) electrons. The maximum absolute atomic E-state index is 12.8. The van der Waals surface area contributed by atoms with E-state index < -0.39 is 0 Å². The van der Waals surface area contributed by atoms with Crippen molar-refractivity contribution in [1.29, 1.82) is 0 Å². The number of hydrogen-bond acceptors (Lipinski definition) is 7. The first-order valence-electron chi connectivity index (χ1n) is 12.4. The second kappa shape index (κ2) is 11.5. The molecule has 2 atom stereocenters. The Kier molecular flexibility index (Phi) is 8.20. The monoisotopic (exact) mass is 455 g/mol. The van der Waals surface area contributed by atoms with Crippen LogP contribution in [-0.4, -0.2) is 66.8 Å². The van der Waals surface area contributed by atoms with Crippen molar-refractivity contribution >= 4 is 11.9 Å².